The molecule has 0 fully saturated rings. The van der Waals surface area contributed by atoms with E-state index in [4.69, 9.17) is 5.73 Å². The molecule has 0 radical (unpaired) electrons. The quantitative estimate of drug-likeness (QED) is 0.662. The van der Waals surface area contributed by atoms with Gasteiger partial charge in [0.05, 0.1) is 5.54 Å². The fourth-order valence-corrected chi connectivity index (χ4v) is 1.03. The molecule has 1 nitrogen and oxygen atoms in total. The third-order valence-corrected chi connectivity index (χ3v) is 2.10. The van der Waals surface area contributed by atoms with Gasteiger partial charge in [0.15, 0.2) is 0 Å². The summed E-state index contributed by atoms with van der Waals surface area (Å²) in [7, 11) is 0. The van der Waals surface area contributed by atoms with Crippen molar-refractivity contribution in [1.29, 1.82) is 0 Å². The highest BCUT2D eigenvalue weighted by Crippen LogP contribution is 2.18. The Morgan fingerprint density at radius 2 is 1.83 bits per heavy atom. The standard InChI is InChI=1S/C11H15N/c1-4-11(3,12)10-7-5-9(2)6-8-10/h4-8H,1,12H2,2-3H3. The van der Waals surface area contributed by atoms with Crippen LogP contribution in [0, 0.1) is 6.92 Å². The predicted molar refractivity (Wildman–Crippen MR) is 52.9 cm³/mol. The summed E-state index contributed by atoms with van der Waals surface area (Å²) in [6.45, 7) is 7.72. The van der Waals surface area contributed by atoms with Gasteiger partial charge in [0.25, 0.3) is 0 Å². The number of nitrogens with two attached hydrogens (primary N) is 1. The summed E-state index contributed by atoms with van der Waals surface area (Å²) in [4.78, 5) is 0. The molecule has 1 aromatic carbocycles. The van der Waals surface area contributed by atoms with Crippen LogP contribution in [-0.2, 0) is 5.54 Å². The van der Waals surface area contributed by atoms with Crippen molar-refractivity contribution in [3.63, 3.8) is 0 Å². The van der Waals surface area contributed by atoms with Crippen molar-refractivity contribution in [3.8, 4) is 0 Å². The van der Waals surface area contributed by atoms with Gasteiger partial charge in [-0.1, -0.05) is 35.9 Å². The zero-order valence-electron chi connectivity index (χ0n) is 7.67. The summed E-state index contributed by atoms with van der Waals surface area (Å²) in [5.41, 5.74) is 7.91. The third-order valence-electron chi connectivity index (χ3n) is 2.10. The summed E-state index contributed by atoms with van der Waals surface area (Å²) in [5, 5.41) is 0. The van der Waals surface area contributed by atoms with Gasteiger partial charge in [0, 0.05) is 0 Å². The number of hydrogen-bond acceptors (Lipinski definition) is 1. The lowest BCUT2D eigenvalue weighted by molar-refractivity contribution is 0.631. The Morgan fingerprint density at radius 3 is 2.25 bits per heavy atom. The number of hydrogen-bond donors (Lipinski definition) is 1. The molecule has 0 heterocycles. The normalized spacial score (nSPS) is 15.2. The van der Waals surface area contributed by atoms with E-state index in [0.717, 1.165) is 5.56 Å². The van der Waals surface area contributed by atoms with Crippen LogP contribution in [0.25, 0.3) is 0 Å². The van der Waals surface area contributed by atoms with Gasteiger partial charge in [0.1, 0.15) is 0 Å². The molecule has 1 unspecified atom stereocenters. The lowest BCUT2D eigenvalue weighted by atomic mass is 9.93. The van der Waals surface area contributed by atoms with Gasteiger partial charge in [-0.2, -0.15) is 0 Å². The fourth-order valence-electron chi connectivity index (χ4n) is 1.03. The van der Waals surface area contributed by atoms with E-state index in [1.807, 2.05) is 19.1 Å². The fraction of sp³-hybridized carbons (Fsp3) is 0.273. The molecule has 0 aliphatic rings. The number of aryl methyl sites for hydroxylation is 1. The summed E-state index contributed by atoms with van der Waals surface area (Å²) in [5.74, 6) is 0. The van der Waals surface area contributed by atoms with Gasteiger partial charge in [-0.3, -0.25) is 0 Å². The van der Waals surface area contributed by atoms with Crippen LogP contribution in [0.4, 0.5) is 0 Å². The van der Waals surface area contributed by atoms with E-state index in [0.29, 0.717) is 0 Å². The molecule has 0 aromatic heterocycles. The maximum absolute atomic E-state index is 5.97. The lowest BCUT2D eigenvalue weighted by Crippen LogP contribution is -2.29. The molecule has 1 atom stereocenters. The van der Waals surface area contributed by atoms with Crippen LogP contribution in [0.3, 0.4) is 0 Å². The highest BCUT2D eigenvalue weighted by molar-refractivity contribution is 5.30. The predicted octanol–water partition coefficient (Wildman–Crippen LogP) is 2.35. The maximum atomic E-state index is 5.97. The van der Waals surface area contributed by atoms with Crippen molar-refractivity contribution in [1.82, 2.24) is 0 Å². The van der Waals surface area contributed by atoms with Crippen molar-refractivity contribution in [2.24, 2.45) is 5.73 Å². The average Bonchev–Trinajstić information content (AvgIpc) is 2.05. The molecule has 12 heavy (non-hydrogen) atoms. The second-order valence-corrected chi connectivity index (χ2v) is 3.35. The molecule has 0 bridgehead atoms. The van der Waals surface area contributed by atoms with Gasteiger partial charge < -0.3 is 5.73 Å². The van der Waals surface area contributed by atoms with E-state index in [1.165, 1.54) is 5.56 Å². The third kappa shape index (κ3) is 1.74. The summed E-state index contributed by atoms with van der Waals surface area (Å²) >= 11 is 0. The summed E-state index contributed by atoms with van der Waals surface area (Å²) in [6.07, 6.45) is 1.76. The van der Waals surface area contributed by atoms with E-state index in [9.17, 15) is 0 Å². The van der Waals surface area contributed by atoms with Crippen LogP contribution in [0.2, 0.25) is 0 Å². The van der Waals surface area contributed by atoms with Crippen LogP contribution < -0.4 is 5.73 Å². The van der Waals surface area contributed by atoms with Gasteiger partial charge in [-0.25, -0.2) is 0 Å². The zero-order valence-corrected chi connectivity index (χ0v) is 7.67. The van der Waals surface area contributed by atoms with Crippen LogP contribution in [0.5, 0.6) is 0 Å². The van der Waals surface area contributed by atoms with Crippen molar-refractivity contribution in [3.05, 3.63) is 48.0 Å². The molecule has 0 amide bonds. The first-order valence-corrected chi connectivity index (χ1v) is 4.06. The molecule has 1 rings (SSSR count). The second kappa shape index (κ2) is 3.11. The van der Waals surface area contributed by atoms with E-state index < -0.39 is 5.54 Å². The average molecular weight is 161 g/mol. The molecule has 0 saturated carbocycles. The Balaban J connectivity index is 3.04. The molecule has 1 heteroatoms. The smallest absolute Gasteiger partial charge is 0.0564 e. The first-order valence-electron chi connectivity index (χ1n) is 4.06. The van der Waals surface area contributed by atoms with Crippen LogP contribution in [0.15, 0.2) is 36.9 Å². The SMILES string of the molecule is C=CC(C)(N)c1ccc(C)cc1. The molecule has 2 N–H and O–H groups in total. The van der Waals surface area contributed by atoms with E-state index in [2.05, 4.69) is 25.6 Å². The molecule has 0 saturated heterocycles. The Morgan fingerprint density at radius 1 is 1.33 bits per heavy atom. The Bertz CT molecular complexity index is 270. The molecule has 0 spiro atoms. The number of benzene rings is 1. The van der Waals surface area contributed by atoms with Gasteiger partial charge >= 0.3 is 0 Å². The highest BCUT2D eigenvalue weighted by atomic mass is 14.7. The van der Waals surface area contributed by atoms with Crippen LogP contribution in [0.1, 0.15) is 18.1 Å². The minimum absolute atomic E-state index is 0.409. The molecule has 0 aliphatic heterocycles. The summed E-state index contributed by atoms with van der Waals surface area (Å²) in [6, 6.07) is 8.20. The molecular weight excluding hydrogens is 146 g/mol. The van der Waals surface area contributed by atoms with E-state index in [-0.39, 0.29) is 0 Å². The van der Waals surface area contributed by atoms with Crippen LogP contribution in [-0.4, -0.2) is 0 Å². The summed E-state index contributed by atoms with van der Waals surface area (Å²) < 4.78 is 0. The minimum atomic E-state index is -0.409. The molecule has 0 aliphatic carbocycles. The maximum Gasteiger partial charge on any atom is 0.0564 e. The van der Waals surface area contributed by atoms with E-state index >= 15 is 0 Å². The van der Waals surface area contributed by atoms with Crippen LogP contribution >= 0.6 is 0 Å². The van der Waals surface area contributed by atoms with Crippen molar-refractivity contribution in [2.45, 2.75) is 19.4 Å². The molecular formula is C11H15N. The number of rotatable bonds is 2. The van der Waals surface area contributed by atoms with Crippen molar-refractivity contribution >= 4 is 0 Å². The van der Waals surface area contributed by atoms with Gasteiger partial charge in [0.2, 0.25) is 0 Å². The largest absolute Gasteiger partial charge is 0.318 e. The zero-order chi connectivity index (χ0) is 9.19. The Labute approximate surface area is 73.9 Å². The van der Waals surface area contributed by atoms with Crippen molar-refractivity contribution in [2.75, 3.05) is 0 Å². The monoisotopic (exact) mass is 161 g/mol. The first kappa shape index (κ1) is 9.01. The second-order valence-electron chi connectivity index (χ2n) is 3.35. The lowest BCUT2D eigenvalue weighted by Gasteiger charge is -2.20. The van der Waals surface area contributed by atoms with Crippen molar-refractivity contribution < 1.29 is 0 Å². The minimum Gasteiger partial charge on any atom is -0.318 e. The molecule has 1 aromatic rings. The Kier molecular flexibility index (Phi) is 2.34. The molecule has 64 valence electrons. The highest BCUT2D eigenvalue weighted by Gasteiger charge is 2.15. The van der Waals surface area contributed by atoms with Gasteiger partial charge in [-0.05, 0) is 19.4 Å². The Hall–Kier alpha value is -1.08. The van der Waals surface area contributed by atoms with Gasteiger partial charge in [-0.15, -0.1) is 6.58 Å². The first-order chi connectivity index (χ1) is 5.56. The van der Waals surface area contributed by atoms with E-state index in [1.54, 1.807) is 6.08 Å². The topological polar surface area (TPSA) is 26.0 Å².